The molecule has 1 aromatic carbocycles. The van der Waals surface area contributed by atoms with Crippen LogP contribution in [0, 0.1) is 0 Å². The summed E-state index contributed by atoms with van der Waals surface area (Å²) in [4.78, 5) is 12.3. The molecule has 1 saturated heterocycles. The highest BCUT2D eigenvalue weighted by molar-refractivity contribution is 6.44. The Morgan fingerprint density at radius 2 is 2.06 bits per heavy atom. The van der Waals surface area contributed by atoms with Crippen LogP contribution >= 0.6 is 0 Å². The zero-order valence-electron chi connectivity index (χ0n) is 10.5. The number of benzene rings is 1. The molecular formula is C14H16N2O2. The van der Waals surface area contributed by atoms with Crippen molar-refractivity contribution in [1.82, 2.24) is 5.43 Å². The summed E-state index contributed by atoms with van der Waals surface area (Å²) in [6.07, 6.45) is -0.331. The van der Waals surface area contributed by atoms with E-state index in [1.165, 1.54) is 0 Å². The van der Waals surface area contributed by atoms with E-state index in [0.29, 0.717) is 12.3 Å². The summed E-state index contributed by atoms with van der Waals surface area (Å²) in [6.45, 7) is 4.53. The topological polar surface area (TPSA) is 54.0 Å². The number of hydrazone groups is 1. The van der Waals surface area contributed by atoms with E-state index in [1.807, 2.05) is 44.2 Å². The molecule has 1 aromatic rings. The lowest BCUT2D eigenvalue weighted by molar-refractivity contribution is -0.114. The van der Waals surface area contributed by atoms with Gasteiger partial charge in [-0.2, -0.15) is 5.10 Å². The fourth-order valence-electron chi connectivity index (χ4n) is 2.36. The van der Waals surface area contributed by atoms with Gasteiger partial charge in [0.2, 0.25) is 5.78 Å². The summed E-state index contributed by atoms with van der Waals surface area (Å²) in [5, 5.41) is 4.16. The Labute approximate surface area is 106 Å². The van der Waals surface area contributed by atoms with Gasteiger partial charge in [0.1, 0.15) is 5.71 Å². The summed E-state index contributed by atoms with van der Waals surface area (Å²) in [7, 11) is 0. The zero-order chi connectivity index (χ0) is 12.8. The van der Waals surface area contributed by atoms with Crippen LogP contribution in [0.4, 0.5) is 0 Å². The molecule has 1 N–H and O–H groups in total. The van der Waals surface area contributed by atoms with E-state index < -0.39 is 0 Å². The second-order valence-electron chi connectivity index (χ2n) is 5.29. The lowest BCUT2D eigenvalue weighted by Crippen LogP contribution is -2.28. The van der Waals surface area contributed by atoms with Crippen LogP contribution in [-0.4, -0.2) is 29.7 Å². The Morgan fingerprint density at radius 3 is 2.67 bits per heavy atom. The van der Waals surface area contributed by atoms with Crippen LogP contribution in [0.15, 0.2) is 35.4 Å². The first-order valence-corrected chi connectivity index (χ1v) is 6.17. The average molecular weight is 244 g/mol. The summed E-state index contributed by atoms with van der Waals surface area (Å²) < 4.78 is 5.40. The van der Waals surface area contributed by atoms with Gasteiger partial charge in [-0.3, -0.25) is 4.79 Å². The van der Waals surface area contributed by atoms with Gasteiger partial charge in [-0.15, -0.1) is 0 Å². The van der Waals surface area contributed by atoms with Crippen LogP contribution in [-0.2, 0) is 9.53 Å². The van der Waals surface area contributed by atoms with Crippen molar-refractivity contribution in [3.8, 4) is 0 Å². The monoisotopic (exact) mass is 244 g/mol. The number of carbonyl (C=O) groups excluding carboxylic acids is 1. The molecule has 94 valence electrons. The van der Waals surface area contributed by atoms with Crippen molar-refractivity contribution in [2.24, 2.45) is 5.10 Å². The summed E-state index contributed by atoms with van der Waals surface area (Å²) in [5.74, 6) is 0.0533. The fraction of sp³-hybridized carbons (Fsp3) is 0.429. The van der Waals surface area contributed by atoms with E-state index in [2.05, 4.69) is 10.5 Å². The predicted octanol–water partition coefficient (Wildman–Crippen LogP) is 1.48. The molecule has 0 spiro atoms. The highest BCUT2D eigenvalue weighted by Gasteiger charge is 2.55. The lowest BCUT2D eigenvalue weighted by Gasteiger charge is -2.10. The third kappa shape index (κ3) is 1.82. The van der Waals surface area contributed by atoms with Crippen molar-refractivity contribution < 1.29 is 9.53 Å². The van der Waals surface area contributed by atoms with Gasteiger partial charge in [-0.05, 0) is 19.4 Å². The molecule has 0 aromatic heterocycles. The molecule has 1 fully saturated rings. The van der Waals surface area contributed by atoms with Gasteiger partial charge in [-0.25, -0.2) is 0 Å². The first-order chi connectivity index (χ1) is 8.59. The van der Waals surface area contributed by atoms with Gasteiger partial charge < -0.3 is 10.2 Å². The Morgan fingerprint density at radius 1 is 1.39 bits per heavy atom. The van der Waals surface area contributed by atoms with E-state index in [-0.39, 0.29) is 23.4 Å². The third-order valence-corrected chi connectivity index (χ3v) is 3.51. The van der Waals surface area contributed by atoms with Crippen molar-refractivity contribution in [2.75, 3.05) is 6.54 Å². The average Bonchev–Trinajstić information content (AvgIpc) is 2.80. The molecule has 2 aliphatic heterocycles. The number of epoxide rings is 1. The summed E-state index contributed by atoms with van der Waals surface area (Å²) >= 11 is 0. The number of nitrogens with zero attached hydrogens (tertiary/aromatic N) is 1. The van der Waals surface area contributed by atoms with Crippen molar-refractivity contribution >= 4 is 11.5 Å². The number of ether oxygens (including phenoxy) is 1. The minimum absolute atomic E-state index is 0.0128. The zero-order valence-corrected chi connectivity index (χ0v) is 10.5. The molecule has 2 aliphatic rings. The molecule has 0 aliphatic carbocycles. The predicted molar refractivity (Wildman–Crippen MR) is 68.6 cm³/mol. The first kappa shape index (κ1) is 11.4. The van der Waals surface area contributed by atoms with Crippen LogP contribution in [0.1, 0.15) is 25.3 Å². The molecule has 0 radical (unpaired) electrons. The smallest absolute Gasteiger partial charge is 0.211 e. The highest BCUT2D eigenvalue weighted by Crippen LogP contribution is 2.37. The Hall–Kier alpha value is -1.68. The first-order valence-electron chi connectivity index (χ1n) is 6.17. The van der Waals surface area contributed by atoms with E-state index in [9.17, 15) is 4.79 Å². The van der Waals surface area contributed by atoms with Crippen LogP contribution in [0.5, 0.6) is 0 Å². The van der Waals surface area contributed by atoms with Gasteiger partial charge in [0.05, 0.1) is 11.5 Å². The van der Waals surface area contributed by atoms with Crippen LogP contribution in [0.3, 0.4) is 0 Å². The normalized spacial score (nSPS) is 28.4. The standard InChI is InChI=1S/C14H16N2O2/c1-14(2)13(18-14)12(17)11-10(8-15-16-11)9-6-4-3-5-7-9/h3-7,10,13,15H,8H2,1-2H3. The molecule has 18 heavy (non-hydrogen) atoms. The van der Waals surface area contributed by atoms with Gasteiger partial charge >= 0.3 is 0 Å². The largest absolute Gasteiger partial charge is 0.358 e. The maximum absolute atomic E-state index is 12.3. The Balaban J connectivity index is 1.82. The van der Waals surface area contributed by atoms with E-state index in [1.54, 1.807) is 0 Å². The molecule has 2 unspecified atom stereocenters. The second-order valence-corrected chi connectivity index (χ2v) is 5.29. The maximum Gasteiger partial charge on any atom is 0.211 e. The molecule has 0 saturated carbocycles. The molecule has 0 amide bonds. The third-order valence-electron chi connectivity index (χ3n) is 3.51. The number of ketones is 1. The molecular weight excluding hydrogens is 228 g/mol. The fourth-order valence-corrected chi connectivity index (χ4v) is 2.36. The number of nitrogens with one attached hydrogen (secondary N) is 1. The van der Waals surface area contributed by atoms with Gasteiger partial charge in [-0.1, -0.05) is 30.3 Å². The number of Topliss-reactive ketones (excluding diaryl/α,β-unsaturated/α-hetero) is 1. The van der Waals surface area contributed by atoms with E-state index in [4.69, 9.17) is 4.74 Å². The van der Waals surface area contributed by atoms with Crippen molar-refractivity contribution in [1.29, 1.82) is 0 Å². The molecule has 2 atom stereocenters. The highest BCUT2D eigenvalue weighted by atomic mass is 16.6. The molecule has 3 rings (SSSR count). The number of rotatable bonds is 3. The van der Waals surface area contributed by atoms with Gasteiger partial charge in [0, 0.05) is 6.54 Å². The number of carbonyl (C=O) groups is 1. The SMILES string of the molecule is CC1(C)OC1C(=O)C1=NNCC1c1ccccc1. The summed E-state index contributed by atoms with van der Waals surface area (Å²) in [5.41, 5.74) is 4.31. The molecule has 2 heterocycles. The minimum atomic E-state index is -0.331. The molecule has 4 nitrogen and oxygen atoms in total. The maximum atomic E-state index is 12.3. The minimum Gasteiger partial charge on any atom is -0.358 e. The number of hydrogen-bond acceptors (Lipinski definition) is 4. The molecule has 0 bridgehead atoms. The molecule has 4 heteroatoms. The van der Waals surface area contributed by atoms with Gasteiger partial charge in [0.25, 0.3) is 0 Å². The van der Waals surface area contributed by atoms with Crippen molar-refractivity contribution in [2.45, 2.75) is 31.5 Å². The van der Waals surface area contributed by atoms with Gasteiger partial charge in [0.15, 0.2) is 6.10 Å². The van der Waals surface area contributed by atoms with E-state index >= 15 is 0 Å². The lowest BCUT2D eigenvalue weighted by atomic mass is 9.90. The quantitative estimate of drug-likeness (QED) is 0.819. The Bertz CT molecular complexity index is 508. The van der Waals surface area contributed by atoms with Crippen LogP contribution in [0.2, 0.25) is 0 Å². The summed E-state index contributed by atoms with van der Waals surface area (Å²) in [6, 6.07) is 9.98. The number of hydrogen-bond donors (Lipinski definition) is 1. The second kappa shape index (κ2) is 3.92. The Kier molecular flexibility index (Phi) is 2.48. The van der Waals surface area contributed by atoms with Crippen LogP contribution in [0.25, 0.3) is 0 Å². The van der Waals surface area contributed by atoms with E-state index in [0.717, 1.165) is 5.56 Å². The van der Waals surface area contributed by atoms with Crippen molar-refractivity contribution in [3.05, 3.63) is 35.9 Å². The van der Waals surface area contributed by atoms with Crippen molar-refractivity contribution in [3.63, 3.8) is 0 Å². The van der Waals surface area contributed by atoms with Crippen LogP contribution < -0.4 is 5.43 Å².